The van der Waals surface area contributed by atoms with Gasteiger partial charge < -0.3 is 18.6 Å². The van der Waals surface area contributed by atoms with Gasteiger partial charge in [0.2, 0.25) is 8.32 Å². The maximum Gasteiger partial charge on any atom is 0.333 e. The lowest BCUT2D eigenvalue weighted by atomic mass is 10.2. The summed E-state index contributed by atoms with van der Waals surface area (Å²) in [6.45, 7) is 11.2. The van der Waals surface area contributed by atoms with Crippen molar-refractivity contribution in [3.63, 3.8) is 0 Å². The molecule has 0 N–H and O–H groups in total. The summed E-state index contributed by atoms with van der Waals surface area (Å²) < 4.78 is 22.0. The number of carbonyl (C=O) groups is 1. The van der Waals surface area contributed by atoms with Crippen molar-refractivity contribution in [2.75, 3.05) is 21.0 Å². The van der Waals surface area contributed by atoms with Crippen LogP contribution in [0.5, 0.6) is 5.75 Å². The highest BCUT2D eigenvalue weighted by Crippen LogP contribution is 2.40. The molecule has 2 unspecified atom stereocenters. The highest BCUT2D eigenvalue weighted by molar-refractivity contribution is 6.75. The smallest absolute Gasteiger partial charge is 0.333 e. The molecule has 1 aromatic rings. The van der Waals surface area contributed by atoms with E-state index in [0.717, 1.165) is 24.6 Å². The zero-order chi connectivity index (χ0) is 20.5. The Hall–Kier alpha value is -1.37. The first kappa shape index (κ1) is 23.7. The van der Waals surface area contributed by atoms with Gasteiger partial charge in [0.05, 0.1) is 7.11 Å². The molecular weight excluding hydrogens is 360 g/mol. The molecule has 1 aromatic carbocycles. The average molecular weight is 397 g/mol. The van der Waals surface area contributed by atoms with E-state index in [1.807, 2.05) is 12.1 Å². The average Bonchev–Trinajstić information content (AvgIpc) is 2.63. The second-order valence-corrected chi connectivity index (χ2v) is 12.7. The molecule has 2 atom stereocenters. The van der Waals surface area contributed by atoms with Crippen LogP contribution in [0.15, 0.2) is 24.3 Å². The van der Waals surface area contributed by atoms with E-state index in [0.29, 0.717) is 6.42 Å². The summed E-state index contributed by atoms with van der Waals surface area (Å²) in [5.41, 5.74) is 1.18. The van der Waals surface area contributed by atoms with E-state index >= 15 is 0 Å². The first-order valence-electron chi connectivity index (χ1n) is 9.63. The van der Waals surface area contributed by atoms with Crippen LogP contribution < -0.4 is 4.74 Å². The molecule has 0 aromatic heterocycles. The van der Waals surface area contributed by atoms with E-state index in [2.05, 4.69) is 46.4 Å². The highest BCUT2D eigenvalue weighted by Gasteiger charge is 2.45. The van der Waals surface area contributed by atoms with E-state index in [1.54, 1.807) is 7.11 Å². The molecule has 1 rings (SSSR count). The molecule has 154 valence electrons. The fraction of sp³-hybridized carbons (Fsp3) is 0.667. The van der Waals surface area contributed by atoms with Crippen molar-refractivity contribution >= 4 is 14.3 Å². The molecular formula is C21H36O5Si. The lowest BCUT2D eigenvalue weighted by Gasteiger charge is -2.41. The van der Waals surface area contributed by atoms with Crippen LogP contribution in [0, 0.1) is 0 Å². The summed E-state index contributed by atoms with van der Waals surface area (Å²) in [7, 11) is 0.736. The molecule has 0 amide bonds. The molecule has 0 heterocycles. The summed E-state index contributed by atoms with van der Waals surface area (Å²) in [5.74, 6) is 0.505. The summed E-state index contributed by atoms with van der Waals surface area (Å²) in [6.07, 6.45) is 2.18. The Morgan fingerprint density at radius 3 is 2.26 bits per heavy atom. The molecule has 0 saturated heterocycles. The van der Waals surface area contributed by atoms with Gasteiger partial charge in [-0.2, -0.15) is 0 Å². The van der Waals surface area contributed by atoms with E-state index in [-0.39, 0.29) is 17.8 Å². The van der Waals surface area contributed by atoms with Crippen LogP contribution in [-0.2, 0) is 24.7 Å². The minimum atomic E-state index is -2.29. The van der Waals surface area contributed by atoms with Gasteiger partial charge in [-0.1, -0.05) is 52.7 Å². The van der Waals surface area contributed by atoms with E-state index in [1.165, 1.54) is 12.7 Å². The molecule has 0 saturated carbocycles. The Morgan fingerprint density at radius 2 is 1.78 bits per heavy atom. The highest BCUT2D eigenvalue weighted by atomic mass is 28.4. The molecule has 0 radical (unpaired) electrons. The first-order valence-corrected chi connectivity index (χ1v) is 12.2. The first-order chi connectivity index (χ1) is 12.7. The lowest BCUT2D eigenvalue weighted by Crippen LogP contribution is -2.51. The van der Waals surface area contributed by atoms with Crippen LogP contribution in [0.3, 0.4) is 0 Å². The fourth-order valence-corrected chi connectivity index (χ4v) is 5.59. The third-order valence-corrected chi connectivity index (χ3v) is 10.1. The predicted octanol–water partition coefficient (Wildman–Crippen LogP) is 4.87. The molecule has 27 heavy (non-hydrogen) atoms. The van der Waals surface area contributed by atoms with Crippen molar-refractivity contribution in [1.29, 1.82) is 0 Å². The number of hydrogen-bond donors (Lipinski definition) is 0. The Balaban J connectivity index is 2.99. The summed E-state index contributed by atoms with van der Waals surface area (Å²) in [5, 5.41) is -0.0310. The number of benzene rings is 1. The van der Waals surface area contributed by atoms with Crippen LogP contribution in [0.1, 0.15) is 52.5 Å². The van der Waals surface area contributed by atoms with E-state index in [9.17, 15) is 4.79 Å². The van der Waals surface area contributed by atoms with Crippen molar-refractivity contribution in [3.8, 4) is 5.75 Å². The Bertz CT molecular complexity index is 567. The maximum absolute atomic E-state index is 12.3. The molecule has 0 aliphatic rings. The van der Waals surface area contributed by atoms with Gasteiger partial charge in [-0.15, -0.1) is 0 Å². The number of carbonyl (C=O) groups excluding carboxylic acids is 1. The van der Waals surface area contributed by atoms with Gasteiger partial charge in [0.1, 0.15) is 11.9 Å². The number of rotatable bonds is 11. The second-order valence-electron chi connectivity index (χ2n) is 8.12. The minimum absolute atomic E-state index is 0.0310. The Kier molecular flexibility index (Phi) is 9.49. The quantitative estimate of drug-likeness (QED) is 0.303. The Labute approximate surface area is 165 Å². The SMILES string of the molecule is CCCCC(O[Si](C)(Cc1ccc(OCOC)cc1)C(C)(C)C)C(=O)OC. The zero-order valence-electron chi connectivity index (χ0n) is 18.0. The van der Waals surface area contributed by atoms with Crippen LogP contribution in [0.4, 0.5) is 0 Å². The Morgan fingerprint density at radius 1 is 1.15 bits per heavy atom. The third-order valence-electron chi connectivity index (χ3n) is 5.08. The number of unbranched alkanes of at least 4 members (excludes halogenated alkanes) is 1. The molecule has 0 bridgehead atoms. The van der Waals surface area contributed by atoms with E-state index in [4.69, 9.17) is 18.6 Å². The second kappa shape index (κ2) is 10.8. The topological polar surface area (TPSA) is 54.0 Å². The molecule has 6 heteroatoms. The normalized spacial score (nSPS) is 15.1. The summed E-state index contributed by atoms with van der Waals surface area (Å²) in [6, 6.07) is 8.83. The predicted molar refractivity (Wildman–Crippen MR) is 110 cm³/mol. The van der Waals surface area contributed by atoms with Crippen LogP contribution in [-0.4, -0.2) is 41.4 Å². The van der Waals surface area contributed by atoms with Gasteiger partial charge in [-0.25, -0.2) is 4.79 Å². The number of esters is 1. The van der Waals surface area contributed by atoms with E-state index < -0.39 is 14.4 Å². The van der Waals surface area contributed by atoms with Gasteiger partial charge in [0, 0.05) is 7.11 Å². The van der Waals surface area contributed by atoms with Crippen molar-refractivity contribution in [1.82, 2.24) is 0 Å². The van der Waals surface area contributed by atoms with Gasteiger partial charge in [0.15, 0.2) is 6.79 Å². The van der Waals surface area contributed by atoms with Crippen LogP contribution in [0.25, 0.3) is 0 Å². The molecule has 0 fully saturated rings. The molecule has 0 aliphatic carbocycles. The summed E-state index contributed by atoms with van der Waals surface area (Å²) in [4.78, 5) is 12.3. The molecule has 0 spiro atoms. The number of methoxy groups -OCH3 is 2. The molecule has 5 nitrogen and oxygen atoms in total. The molecule has 0 aliphatic heterocycles. The van der Waals surface area contributed by atoms with Gasteiger partial charge in [0.25, 0.3) is 0 Å². The minimum Gasteiger partial charge on any atom is -0.468 e. The van der Waals surface area contributed by atoms with Crippen molar-refractivity contribution in [2.24, 2.45) is 0 Å². The standard InChI is InChI=1S/C21H36O5Si/c1-8-9-10-19(20(22)24-6)26-27(7,21(2,3)4)15-17-11-13-18(14-12-17)25-16-23-5/h11-14,19H,8-10,15-16H2,1-7H3. The van der Waals surface area contributed by atoms with Crippen LogP contribution >= 0.6 is 0 Å². The zero-order valence-corrected chi connectivity index (χ0v) is 19.0. The van der Waals surface area contributed by atoms with Gasteiger partial charge in [-0.05, 0) is 41.7 Å². The van der Waals surface area contributed by atoms with Gasteiger partial charge in [-0.3, -0.25) is 0 Å². The van der Waals surface area contributed by atoms with Crippen molar-refractivity contribution in [3.05, 3.63) is 29.8 Å². The number of ether oxygens (including phenoxy) is 3. The largest absolute Gasteiger partial charge is 0.468 e. The van der Waals surface area contributed by atoms with Crippen molar-refractivity contribution in [2.45, 2.75) is 70.7 Å². The third kappa shape index (κ3) is 7.28. The van der Waals surface area contributed by atoms with Crippen molar-refractivity contribution < 1.29 is 23.4 Å². The van der Waals surface area contributed by atoms with Crippen LogP contribution in [0.2, 0.25) is 11.6 Å². The monoisotopic (exact) mass is 396 g/mol. The summed E-state index contributed by atoms with van der Waals surface area (Å²) >= 11 is 0. The maximum atomic E-state index is 12.3. The number of hydrogen-bond acceptors (Lipinski definition) is 5. The fourth-order valence-electron chi connectivity index (χ4n) is 2.76. The lowest BCUT2D eigenvalue weighted by molar-refractivity contribution is -0.149. The van der Waals surface area contributed by atoms with Gasteiger partial charge >= 0.3 is 5.97 Å².